The fourth-order valence-corrected chi connectivity index (χ4v) is 3.40. The normalized spacial score (nSPS) is 24.3. The SMILES string of the molecule is CCCN1CCC(O)C(Cc2c[nH]c3ccccc23)C1. The van der Waals surface area contributed by atoms with Crippen LogP contribution in [-0.4, -0.2) is 40.7 Å². The van der Waals surface area contributed by atoms with Crippen molar-refractivity contribution in [2.75, 3.05) is 19.6 Å². The zero-order chi connectivity index (χ0) is 13.9. The second-order valence-corrected chi connectivity index (χ2v) is 5.98. The molecule has 1 aliphatic heterocycles. The number of para-hydroxylation sites is 1. The molecule has 1 saturated heterocycles. The molecule has 0 radical (unpaired) electrons. The van der Waals surface area contributed by atoms with E-state index in [1.54, 1.807) is 0 Å². The Labute approximate surface area is 120 Å². The largest absolute Gasteiger partial charge is 0.393 e. The molecule has 108 valence electrons. The summed E-state index contributed by atoms with van der Waals surface area (Å²) in [6.45, 7) is 5.44. The number of benzene rings is 1. The van der Waals surface area contributed by atoms with Crippen LogP contribution in [0.25, 0.3) is 10.9 Å². The monoisotopic (exact) mass is 272 g/mol. The fourth-order valence-electron chi connectivity index (χ4n) is 3.40. The van der Waals surface area contributed by atoms with Gasteiger partial charge in [0.1, 0.15) is 0 Å². The highest BCUT2D eigenvalue weighted by Crippen LogP contribution is 2.26. The molecule has 2 heterocycles. The standard InChI is InChI=1S/C17H24N2O/c1-2-8-19-9-7-17(20)14(12-19)10-13-11-18-16-6-4-3-5-15(13)16/h3-6,11,14,17-18,20H,2,7-10,12H2,1H3. The van der Waals surface area contributed by atoms with Gasteiger partial charge < -0.3 is 15.0 Å². The Kier molecular flexibility index (Phi) is 4.08. The van der Waals surface area contributed by atoms with Crippen molar-refractivity contribution >= 4 is 10.9 Å². The summed E-state index contributed by atoms with van der Waals surface area (Å²) in [6, 6.07) is 8.42. The number of piperidine rings is 1. The van der Waals surface area contributed by atoms with E-state index in [-0.39, 0.29) is 6.10 Å². The molecule has 0 saturated carbocycles. The minimum absolute atomic E-state index is 0.156. The number of aromatic nitrogens is 1. The van der Waals surface area contributed by atoms with Gasteiger partial charge in [-0.1, -0.05) is 25.1 Å². The lowest BCUT2D eigenvalue weighted by Gasteiger charge is -2.36. The Morgan fingerprint density at radius 2 is 2.20 bits per heavy atom. The molecular weight excluding hydrogens is 248 g/mol. The Hall–Kier alpha value is -1.32. The van der Waals surface area contributed by atoms with Crippen LogP contribution in [0, 0.1) is 5.92 Å². The van der Waals surface area contributed by atoms with E-state index < -0.39 is 0 Å². The Balaban J connectivity index is 1.75. The van der Waals surface area contributed by atoms with Gasteiger partial charge in [0.15, 0.2) is 0 Å². The molecule has 1 aromatic carbocycles. The summed E-state index contributed by atoms with van der Waals surface area (Å²) >= 11 is 0. The van der Waals surface area contributed by atoms with E-state index in [0.29, 0.717) is 5.92 Å². The molecule has 0 aliphatic carbocycles. The Morgan fingerprint density at radius 3 is 3.05 bits per heavy atom. The van der Waals surface area contributed by atoms with E-state index >= 15 is 0 Å². The first kappa shape index (κ1) is 13.7. The van der Waals surface area contributed by atoms with Crippen molar-refractivity contribution in [3.8, 4) is 0 Å². The molecule has 20 heavy (non-hydrogen) atoms. The number of aliphatic hydroxyl groups is 1. The number of hydrogen-bond donors (Lipinski definition) is 2. The maximum absolute atomic E-state index is 10.3. The van der Waals surface area contributed by atoms with E-state index in [9.17, 15) is 5.11 Å². The molecule has 3 heteroatoms. The van der Waals surface area contributed by atoms with Gasteiger partial charge >= 0.3 is 0 Å². The number of nitrogens with one attached hydrogen (secondary N) is 1. The van der Waals surface area contributed by atoms with Crippen LogP contribution < -0.4 is 0 Å². The summed E-state index contributed by atoms with van der Waals surface area (Å²) in [5, 5.41) is 11.6. The third-order valence-electron chi connectivity index (χ3n) is 4.47. The molecular formula is C17H24N2O. The van der Waals surface area contributed by atoms with E-state index in [2.05, 4.69) is 47.3 Å². The predicted octanol–water partition coefficient (Wildman–Crippen LogP) is 2.80. The number of rotatable bonds is 4. The average Bonchev–Trinajstić information content (AvgIpc) is 2.86. The van der Waals surface area contributed by atoms with Crippen LogP contribution in [0.4, 0.5) is 0 Å². The highest BCUT2D eigenvalue weighted by atomic mass is 16.3. The molecule has 1 fully saturated rings. The minimum Gasteiger partial charge on any atom is -0.393 e. The molecule has 0 bridgehead atoms. The second-order valence-electron chi connectivity index (χ2n) is 5.98. The summed E-state index contributed by atoms with van der Waals surface area (Å²) in [7, 11) is 0. The zero-order valence-electron chi connectivity index (χ0n) is 12.2. The summed E-state index contributed by atoms with van der Waals surface area (Å²) in [5.41, 5.74) is 2.53. The second kappa shape index (κ2) is 5.98. The Bertz CT molecular complexity index is 563. The molecule has 2 aromatic rings. The van der Waals surface area contributed by atoms with Gasteiger partial charge in [0.05, 0.1) is 6.10 Å². The van der Waals surface area contributed by atoms with Crippen molar-refractivity contribution in [1.29, 1.82) is 0 Å². The zero-order valence-corrected chi connectivity index (χ0v) is 12.2. The van der Waals surface area contributed by atoms with Crippen molar-refractivity contribution in [3.05, 3.63) is 36.0 Å². The van der Waals surface area contributed by atoms with Gasteiger partial charge in [0.25, 0.3) is 0 Å². The van der Waals surface area contributed by atoms with E-state index in [0.717, 1.165) is 32.5 Å². The van der Waals surface area contributed by atoms with Crippen molar-refractivity contribution < 1.29 is 5.11 Å². The number of likely N-dealkylation sites (tertiary alicyclic amines) is 1. The van der Waals surface area contributed by atoms with Gasteiger partial charge in [-0.05, 0) is 37.4 Å². The van der Waals surface area contributed by atoms with E-state index in [4.69, 9.17) is 0 Å². The summed E-state index contributed by atoms with van der Waals surface area (Å²) in [5.74, 6) is 0.356. The van der Waals surface area contributed by atoms with Gasteiger partial charge in [-0.2, -0.15) is 0 Å². The van der Waals surface area contributed by atoms with Crippen LogP contribution in [0.1, 0.15) is 25.3 Å². The van der Waals surface area contributed by atoms with Gasteiger partial charge in [-0.3, -0.25) is 0 Å². The number of aliphatic hydroxyl groups excluding tert-OH is 1. The highest BCUT2D eigenvalue weighted by molar-refractivity contribution is 5.83. The van der Waals surface area contributed by atoms with Crippen molar-refractivity contribution in [1.82, 2.24) is 9.88 Å². The van der Waals surface area contributed by atoms with Crippen LogP contribution in [0.15, 0.2) is 30.5 Å². The van der Waals surface area contributed by atoms with Crippen LogP contribution in [0.3, 0.4) is 0 Å². The summed E-state index contributed by atoms with van der Waals surface area (Å²) in [4.78, 5) is 5.83. The number of nitrogens with zero attached hydrogens (tertiary/aromatic N) is 1. The van der Waals surface area contributed by atoms with Crippen LogP contribution in [0.5, 0.6) is 0 Å². The number of fused-ring (bicyclic) bond motifs is 1. The van der Waals surface area contributed by atoms with Crippen LogP contribution in [0.2, 0.25) is 0 Å². The van der Waals surface area contributed by atoms with Gasteiger partial charge in [0.2, 0.25) is 0 Å². The fraction of sp³-hybridized carbons (Fsp3) is 0.529. The number of aromatic amines is 1. The first-order valence-electron chi connectivity index (χ1n) is 7.73. The maximum Gasteiger partial charge on any atom is 0.0596 e. The van der Waals surface area contributed by atoms with Crippen LogP contribution in [-0.2, 0) is 6.42 Å². The lowest BCUT2D eigenvalue weighted by atomic mass is 9.88. The van der Waals surface area contributed by atoms with Crippen molar-refractivity contribution in [2.45, 2.75) is 32.3 Å². The highest BCUT2D eigenvalue weighted by Gasteiger charge is 2.27. The van der Waals surface area contributed by atoms with E-state index in [1.165, 1.54) is 22.9 Å². The average molecular weight is 272 g/mol. The lowest BCUT2D eigenvalue weighted by Crippen LogP contribution is -2.44. The predicted molar refractivity (Wildman–Crippen MR) is 82.8 cm³/mol. The molecule has 0 spiro atoms. The summed E-state index contributed by atoms with van der Waals surface area (Å²) in [6.07, 6.45) is 5.02. The smallest absolute Gasteiger partial charge is 0.0596 e. The van der Waals surface area contributed by atoms with E-state index in [1.807, 2.05) is 0 Å². The number of hydrogen-bond acceptors (Lipinski definition) is 2. The molecule has 2 atom stereocenters. The summed E-state index contributed by atoms with van der Waals surface area (Å²) < 4.78 is 0. The molecule has 1 aromatic heterocycles. The molecule has 3 rings (SSSR count). The molecule has 2 N–H and O–H groups in total. The first-order valence-corrected chi connectivity index (χ1v) is 7.73. The lowest BCUT2D eigenvalue weighted by molar-refractivity contribution is 0.0272. The number of H-pyrrole nitrogens is 1. The molecule has 2 unspecified atom stereocenters. The third-order valence-corrected chi connectivity index (χ3v) is 4.47. The molecule has 0 amide bonds. The first-order chi connectivity index (χ1) is 9.78. The van der Waals surface area contributed by atoms with Crippen LogP contribution >= 0.6 is 0 Å². The van der Waals surface area contributed by atoms with Gasteiger partial charge in [-0.25, -0.2) is 0 Å². The third kappa shape index (κ3) is 2.74. The molecule has 3 nitrogen and oxygen atoms in total. The minimum atomic E-state index is -0.156. The van der Waals surface area contributed by atoms with Gasteiger partial charge in [0, 0.05) is 36.1 Å². The van der Waals surface area contributed by atoms with Crippen molar-refractivity contribution in [3.63, 3.8) is 0 Å². The topological polar surface area (TPSA) is 39.3 Å². The quantitative estimate of drug-likeness (QED) is 0.898. The van der Waals surface area contributed by atoms with Crippen molar-refractivity contribution in [2.24, 2.45) is 5.92 Å². The maximum atomic E-state index is 10.3. The Morgan fingerprint density at radius 1 is 1.35 bits per heavy atom. The van der Waals surface area contributed by atoms with Gasteiger partial charge in [-0.15, -0.1) is 0 Å². The molecule has 1 aliphatic rings.